The van der Waals surface area contributed by atoms with E-state index in [-0.39, 0.29) is 6.03 Å². The van der Waals surface area contributed by atoms with Crippen molar-refractivity contribution in [1.82, 2.24) is 10.1 Å². The lowest BCUT2D eigenvalue weighted by atomic mass is 10.3. The van der Waals surface area contributed by atoms with Crippen molar-refractivity contribution in [2.45, 2.75) is 6.92 Å². The average molecular weight is 330 g/mol. The smallest absolute Gasteiger partial charge is 0.323 e. The highest BCUT2D eigenvalue weighted by Gasteiger charge is 2.16. The van der Waals surface area contributed by atoms with Crippen LogP contribution in [0.1, 0.15) is 5.82 Å². The molecule has 8 heteroatoms. The van der Waals surface area contributed by atoms with Gasteiger partial charge in [-0.2, -0.15) is 4.98 Å². The third-order valence-electron chi connectivity index (χ3n) is 2.99. The van der Waals surface area contributed by atoms with Crippen LogP contribution in [0.4, 0.5) is 16.2 Å². The van der Waals surface area contributed by atoms with E-state index in [0.29, 0.717) is 33.7 Å². The predicted molar refractivity (Wildman–Crippen MR) is 88.0 cm³/mol. The third kappa shape index (κ3) is 3.32. The Morgan fingerprint density at radius 3 is 2.74 bits per heavy atom. The number of urea groups is 1. The normalized spacial score (nSPS) is 10.3. The number of ether oxygens (including phenoxy) is 1. The van der Waals surface area contributed by atoms with Crippen molar-refractivity contribution in [3.8, 4) is 16.5 Å². The predicted octanol–water partition coefficient (Wildman–Crippen LogP) is 3.76. The topological polar surface area (TPSA) is 89.3 Å². The van der Waals surface area contributed by atoms with Crippen LogP contribution < -0.4 is 15.4 Å². The van der Waals surface area contributed by atoms with Gasteiger partial charge < -0.3 is 19.9 Å². The van der Waals surface area contributed by atoms with E-state index in [9.17, 15) is 4.79 Å². The molecular formula is C15H14N4O3S. The van der Waals surface area contributed by atoms with Gasteiger partial charge in [0.1, 0.15) is 10.6 Å². The number of nitrogens with zero attached hydrogens (tertiary/aromatic N) is 2. The molecule has 2 N–H and O–H groups in total. The Kier molecular flexibility index (Phi) is 4.24. The number of methoxy groups -OCH3 is 1. The van der Waals surface area contributed by atoms with Crippen molar-refractivity contribution in [3.05, 3.63) is 41.5 Å². The van der Waals surface area contributed by atoms with Crippen molar-refractivity contribution >= 4 is 28.7 Å². The fraction of sp³-hybridized carbons (Fsp3) is 0.133. The molecule has 0 atom stereocenters. The van der Waals surface area contributed by atoms with Crippen molar-refractivity contribution in [2.75, 3.05) is 17.7 Å². The van der Waals surface area contributed by atoms with Gasteiger partial charge in [0.05, 0.1) is 18.5 Å². The van der Waals surface area contributed by atoms with Crippen molar-refractivity contribution in [2.24, 2.45) is 0 Å². The van der Waals surface area contributed by atoms with Crippen LogP contribution in [0.3, 0.4) is 0 Å². The SMILES string of the molecule is COc1ccccc1NC(=O)Nc1ccsc1-c1nc(C)no1. The van der Waals surface area contributed by atoms with Gasteiger partial charge in [-0.1, -0.05) is 17.3 Å². The van der Waals surface area contributed by atoms with Crippen LogP contribution in [0.2, 0.25) is 0 Å². The number of aryl methyl sites for hydroxylation is 1. The number of carbonyl (C=O) groups is 1. The van der Waals surface area contributed by atoms with Gasteiger partial charge in [-0.25, -0.2) is 4.79 Å². The maximum atomic E-state index is 12.2. The maximum absolute atomic E-state index is 12.2. The molecule has 0 spiro atoms. The molecule has 0 fully saturated rings. The fourth-order valence-corrected chi connectivity index (χ4v) is 2.76. The highest BCUT2D eigenvalue weighted by atomic mass is 32.1. The quantitative estimate of drug-likeness (QED) is 0.760. The number of hydrogen-bond acceptors (Lipinski definition) is 6. The van der Waals surface area contributed by atoms with E-state index in [2.05, 4.69) is 20.8 Å². The molecule has 0 aliphatic rings. The average Bonchev–Trinajstić information content (AvgIpc) is 3.16. The van der Waals surface area contributed by atoms with Gasteiger partial charge in [-0.05, 0) is 30.5 Å². The van der Waals surface area contributed by atoms with Gasteiger partial charge in [0, 0.05) is 0 Å². The molecule has 118 valence electrons. The summed E-state index contributed by atoms with van der Waals surface area (Å²) < 4.78 is 10.3. The zero-order valence-electron chi connectivity index (χ0n) is 12.5. The molecule has 3 aromatic rings. The van der Waals surface area contributed by atoms with Gasteiger partial charge in [-0.3, -0.25) is 0 Å². The van der Waals surface area contributed by atoms with Crippen LogP contribution in [0, 0.1) is 6.92 Å². The third-order valence-corrected chi connectivity index (χ3v) is 3.89. The monoisotopic (exact) mass is 330 g/mol. The molecule has 0 bridgehead atoms. The van der Waals surface area contributed by atoms with Gasteiger partial charge in [0.25, 0.3) is 5.89 Å². The van der Waals surface area contributed by atoms with Crippen LogP contribution in [0.25, 0.3) is 10.8 Å². The Morgan fingerprint density at radius 1 is 1.22 bits per heavy atom. The summed E-state index contributed by atoms with van der Waals surface area (Å²) in [5.74, 6) is 1.50. The number of amides is 2. The lowest BCUT2D eigenvalue weighted by molar-refractivity contribution is 0.262. The summed E-state index contributed by atoms with van der Waals surface area (Å²) >= 11 is 1.41. The number of benzene rings is 1. The number of hydrogen-bond donors (Lipinski definition) is 2. The summed E-state index contributed by atoms with van der Waals surface area (Å²) in [4.78, 5) is 17.1. The Bertz CT molecular complexity index is 828. The Balaban J connectivity index is 1.75. The summed E-state index contributed by atoms with van der Waals surface area (Å²) in [6.45, 7) is 1.74. The first-order valence-electron chi connectivity index (χ1n) is 6.76. The zero-order valence-corrected chi connectivity index (χ0v) is 13.3. The molecule has 23 heavy (non-hydrogen) atoms. The summed E-state index contributed by atoms with van der Waals surface area (Å²) in [5.41, 5.74) is 1.18. The van der Waals surface area contributed by atoms with Crippen LogP contribution in [0.15, 0.2) is 40.2 Å². The Hall–Kier alpha value is -2.87. The number of carbonyl (C=O) groups excluding carboxylic acids is 1. The zero-order chi connectivity index (χ0) is 16.2. The molecular weight excluding hydrogens is 316 g/mol. The van der Waals surface area contributed by atoms with Gasteiger partial charge in [-0.15, -0.1) is 11.3 Å². The molecule has 2 aromatic heterocycles. The molecule has 2 amide bonds. The van der Waals surface area contributed by atoms with Crippen molar-refractivity contribution in [3.63, 3.8) is 0 Å². The number of rotatable bonds is 4. The number of nitrogens with one attached hydrogen (secondary N) is 2. The highest BCUT2D eigenvalue weighted by Crippen LogP contribution is 2.32. The molecule has 3 rings (SSSR count). The van der Waals surface area contributed by atoms with E-state index < -0.39 is 0 Å². The lowest BCUT2D eigenvalue weighted by Gasteiger charge is -2.10. The molecule has 2 heterocycles. The van der Waals surface area contributed by atoms with E-state index >= 15 is 0 Å². The molecule has 0 aliphatic heterocycles. The number of anilines is 2. The Labute approximate surface area is 136 Å². The summed E-state index contributed by atoms with van der Waals surface area (Å²) in [6, 6.07) is 8.57. The molecule has 0 unspecified atom stereocenters. The second kappa shape index (κ2) is 6.49. The first-order chi connectivity index (χ1) is 11.2. The number of para-hydroxylation sites is 2. The summed E-state index contributed by atoms with van der Waals surface area (Å²) in [5, 5.41) is 11.1. The van der Waals surface area contributed by atoms with Gasteiger partial charge >= 0.3 is 6.03 Å². The number of thiophene rings is 1. The minimum Gasteiger partial charge on any atom is -0.495 e. The second-order valence-electron chi connectivity index (χ2n) is 4.59. The van der Waals surface area contributed by atoms with E-state index in [1.54, 1.807) is 32.2 Å². The van der Waals surface area contributed by atoms with E-state index in [1.165, 1.54) is 11.3 Å². The molecule has 0 aliphatic carbocycles. The van der Waals surface area contributed by atoms with Crippen LogP contribution in [0.5, 0.6) is 5.75 Å². The van der Waals surface area contributed by atoms with Crippen LogP contribution in [-0.4, -0.2) is 23.3 Å². The highest BCUT2D eigenvalue weighted by molar-refractivity contribution is 7.14. The second-order valence-corrected chi connectivity index (χ2v) is 5.51. The van der Waals surface area contributed by atoms with Crippen molar-refractivity contribution < 1.29 is 14.1 Å². The van der Waals surface area contributed by atoms with Crippen LogP contribution >= 0.6 is 11.3 Å². The van der Waals surface area contributed by atoms with E-state index in [4.69, 9.17) is 9.26 Å². The van der Waals surface area contributed by atoms with E-state index in [1.807, 2.05) is 17.5 Å². The summed E-state index contributed by atoms with van der Waals surface area (Å²) in [6.07, 6.45) is 0. The standard InChI is InChI=1S/C15H14N4O3S/c1-9-16-14(22-19-9)13-11(7-8-23-13)18-15(20)17-10-5-3-4-6-12(10)21-2/h3-8H,1-2H3,(H2,17,18,20). The van der Waals surface area contributed by atoms with E-state index in [0.717, 1.165) is 0 Å². The molecule has 1 aromatic carbocycles. The van der Waals surface area contributed by atoms with Crippen molar-refractivity contribution in [1.29, 1.82) is 0 Å². The molecule has 0 saturated heterocycles. The largest absolute Gasteiger partial charge is 0.495 e. The first-order valence-corrected chi connectivity index (χ1v) is 7.64. The van der Waals surface area contributed by atoms with Gasteiger partial charge in [0.15, 0.2) is 5.82 Å². The number of aromatic nitrogens is 2. The summed E-state index contributed by atoms with van der Waals surface area (Å²) in [7, 11) is 1.55. The minimum atomic E-state index is -0.384. The first kappa shape index (κ1) is 15.0. The molecule has 7 nitrogen and oxygen atoms in total. The molecule has 0 saturated carbocycles. The van der Waals surface area contributed by atoms with Gasteiger partial charge in [0.2, 0.25) is 0 Å². The fourth-order valence-electron chi connectivity index (χ4n) is 1.99. The Morgan fingerprint density at radius 2 is 2.00 bits per heavy atom. The minimum absolute atomic E-state index is 0.380. The maximum Gasteiger partial charge on any atom is 0.323 e. The molecule has 0 radical (unpaired) electrons. The lowest BCUT2D eigenvalue weighted by Crippen LogP contribution is -2.19. The van der Waals surface area contributed by atoms with Crippen LogP contribution in [-0.2, 0) is 0 Å².